The smallest absolute Gasteiger partial charge is 0.234 e. The second kappa shape index (κ2) is 5.04. The first kappa shape index (κ1) is 12.4. The maximum absolute atomic E-state index is 11.7. The van der Waals surface area contributed by atoms with Crippen LogP contribution < -0.4 is 11.1 Å². The first-order chi connectivity index (χ1) is 8.06. The summed E-state index contributed by atoms with van der Waals surface area (Å²) in [6, 6.07) is 0.755. The van der Waals surface area contributed by atoms with E-state index >= 15 is 0 Å². The van der Waals surface area contributed by atoms with Crippen molar-refractivity contribution in [2.75, 3.05) is 13.1 Å². The molecule has 0 spiro atoms. The summed E-state index contributed by atoms with van der Waals surface area (Å²) >= 11 is 0. The number of nitrogens with two attached hydrogens (primary N) is 1. The van der Waals surface area contributed by atoms with Gasteiger partial charge in [-0.25, -0.2) is 0 Å². The lowest BCUT2D eigenvalue weighted by molar-refractivity contribution is -0.127. The van der Waals surface area contributed by atoms with Crippen molar-refractivity contribution in [1.82, 2.24) is 10.2 Å². The second-order valence-electron chi connectivity index (χ2n) is 5.30. The molecule has 0 aromatic rings. The fraction of sp³-hybridized carbons (Fsp3) is 0.833. The summed E-state index contributed by atoms with van der Waals surface area (Å²) in [7, 11) is 0. The lowest BCUT2D eigenvalue weighted by atomic mass is 9.93. The van der Waals surface area contributed by atoms with E-state index in [1.54, 1.807) is 0 Å². The molecule has 2 unspecified atom stereocenters. The van der Waals surface area contributed by atoms with Gasteiger partial charge in [0.15, 0.2) is 0 Å². The molecule has 2 fully saturated rings. The van der Waals surface area contributed by atoms with Crippen molar-refractivity contribution < 1.29 is 9.59 Å². The van der Waals surface area contributed by atoms with Gasteiger partial charge in [-0.05, 0) is 32.6 Å². The van der Waals surface area contributed by atoms with Gasteiger partial charge in [-0.3, -0.25) is 14.5 Å². The average Bonchev–Trinajstić information content (AvgIpc) is 3.04. The summed E-state index contributed by atoms with van der Waals surface area (Å²) < 4.78 is 0. The molecular formula is C12H21N3O2. The van der Waals surface area contributed by atoms with Crippen LogP contribution >= 0.6 is 0 Å². The summed E-state index contributed by atoms with van der Waals surface area (Å²) in [5.41, 5.74) is 5.33. The van der Waals surface area contributed by atoms with Crippen LogP contribution in [0.15, 0.2) is 0 Å². The van der Waals surface area contributed by atoms with E-state index in [4.69, 9.17) is 5.73 Å². The van der Waals surface area contributed by atoms with E-state index in [-0.39, 0.29) is 17.7 Å². The molecule has 2 amide bonds. The first-order valence-corrected chi connectivity index (χ1v) is 6.39. The van der Waals surface area contributed by atoms with Gasteiger partial charge in [0.1, 0.15) is 0 Å². The van der Waals surface area contributed by atoms with Gasteiger partial charge in [0.05, 0.1) is 12.5 Å². The Kier molecular flexibility index (Phi) is 3.66. The largest absolute Gasteiger partial charge is 0.369 e. The number of hydrogen-bond acceptors (Lipinski definition) is 3. The van der Waals surface area contributed by atoms with E-state index in [1.807, 2.05) is 0 Å². The predicted molar refractivity (Wildman–Crippen MR) is 64.1 cm³/mol. The van der Waals surface area contributed by atoms with E-state index in [9.17, 15) is 9.59 Å². The van der Waals surface area contributed by atoms with Crippen LogP contribution in [0.25, 0.3) is 0 Å². The highest BCUT2D eigenvalue weighted by Crippen LogP contribution is 2.22. The molecule has 2 atom stereocenters. The van der Waals surface area contributed by atoms with E-state index in [1.165, 1.54) is 0 Å². The fourth-order valence-corrected chi connectivity index (χ4v) is 2.32. The van der Waals surface area contributed by atoms with Gasteiger partial charge in [0.25, 0.3) is 0 Å². The Labute approximate surface area is 102 Å². The number of nitrogens with zero attached hydrogens (tertiary/aromatic N) is 1. The molecule has 2 rings (SSSR count). The van der Waals surface area contributed by atoms with Crippen molar-refractivity contribution in [3.8, 4) is 0 Å². The summed E-state index contributed by atoms with van der Waals surface area (Å²) in [5, 5.41) is 2.97. The molecule has 1 heterocycles. The minimum Gasteiger partial charge on any atom is -0.369 e. The highest BCUT2D eigenvalue weighted by atomic mass is 16.2. The third kappa shape index (κ3) is 3.43. The molecule has 0 bridgehead atoms. The third-order valence-corrected chi connectivity index (χ3v) is 3.70. The Morgan fingerprint density at radius 1 is 1.29 bits per heavy atom. The van der Waals surface area contributed by atoms with Gasteiger partial charge in [-0.15, -0.1) is 0 Å². The molecular weight excluding hydrogens is 218 g/mol. The third-order valence-electron chi connectivity index (χ3n) is 3.70. The van der Waals surface area contributed by atoms with Crippen LogP contribution in [-0.2, 0) is 9.59 Å². The number of amides is 2. The lowest BCUT2D eigenvalue weighted by Crippen LogP contribution is -2.49. The van der Waals surface area contributed by atoms with Crippen LogP contribution in [0, 0.1) is 5.92 Å². The van der Waals surface area contributed by atoms with E-state index in [2.05, 4.69) is 17.1 Å². The van der Waals surface area contributed by atoms with Crippen molar-refractivity contribution in [3.63, 3.8) is 0 Å². The van der Waals surface area contributed by atoms with Crippen LogP contribution in [0.1, 0.15) is 32.6 Å². The molecule has 1 aliphatic heterocycles. The SMILES string of the molecule is CC1CCC(C(N)=O)CN1CC(=O)NC1CC1. The number of nitrogens with one attached hydrogen (secondary N) is 1. The summed E-state index contributed by atoms with van der Waals surface area (Å²) in [4.78, 5) is 25.0. The minimum atomic E-state index is -0.246. The Balaban J connectivity index is 1.83. The molecule has 3 N–H and O–H groups in total. The Hall–Kier alpha value is -1.10. The van der Waals surface area contributed by atoms with Crippen molar-refractivity contribution in [1.29, 1.82) is 0 Å². The van der Waals surface area contributed by atoms with Gasteiger partial charge in [-0.2, -0.15) is 0 Å². The van der Waals surface area contributed by atoms with Crippen molar-refractivity contribution >= 4 is 11.8 Å². The highest BCUT2D eigenvalue weighted by Gasteiger charge is 2.31. The standard InChI is InChI=1S/C12H21N3O2/c1-8-2-3-9(12(13)17)6-15(8)7-11(16)14-10-4-5-10/h8-10H,2-7H2,1H3,(H2,13,17)(H,14,16). The van der Waals surface area contributed by atoms with Crippen LogP contribution in [-0.4, -0.2) is 41.9 Å². The molecule has 5 nitrogen and oxygen atoms in total. The molecule has 2 aliphatic rings. The van der Waals surface area contributed by atoms with E-state index in [0.29, 0.717) is 25.2 Å². The minimum absolute atomic E-state index is 0.0736. The number of carbonyl (C=O) groups excluding carboxylic acids is 2. The second-order valence-corrected chi connectivity index (χ2v) is 5.30. The average molecular weight is 239 g/mol. The van der Waals surface area contributed by atoms with Crippen molar-refractivity contribution in [2.45, 2.75) is 44.7 Å². The molecule has 96 valence electrons. The molecule has 0 radical (unpaired) electrons. The summed E-state index contributed by atoms with van der Waals surface area (Å²) in [5.74, 6) is -0.270. The van der Waals surface area contributed by atoms with Crippen molar-refractivity contribution in [3.05, 3.63) is 0 Å². The van der Waals surface area contributed by atoms with Crippen molar-refractivity contribution in [2.24, 2.45) is 11.7 Å². The van der Waals surface area contributed by atoms with Crippen LogP contribution in [0.4, 0.5) is 0 Å². The number of hydrogen-bond donors (Lipinski definition) is 2. The molecule has 17 heavy (non-hydrogen) atoms. The highest BCUT2D eigenvalue weighted by molar-refractivity contribution is 5.79. The summed E-state index contributed by atoms with van der Waals surface area (Å²) in [6.45, 7) is 3.11. The lowest BCUT2D eigenvalue weighted by Gasteiger charge is -2.36. The molecule has 1 saturated heterocycles. The van der Waals surface area contributed by atoms with Gasteiger partial charge in [0.2, 0.25) is 11.8 Å². The van der Waals surface area contributed by atoms with Gasteiger partial charge in [0, 0.05) is 18.6 Å². The van der Waals surface area contributed by atoms with E-state index in [0.717, 1.165) is 25.7 Å². The van der Waals surface area contributed by atoms with Crippen LogP contribution in [0.5, 0.6) is 0 Å². The fourth-order valence-electron chi connectivity index (χ4n) is 2.32. The quantitative estimate of drug-likeness (QED) is 0.716. The van der Waals surface area contributed by atoms with Crippen LogP contribution in [0.2, 0.25) is 0 Å². The maximum Gasteiger partial charge on any atom is 0.234 e. The normalized spacial score (nSPS) is 29.9. The number of rotatable bonds is 4. The zero-order valence-electron chi connectivity index (χ0n) is 10.3. The first-order valence-electron chi connectivity index (χ1n) is 6.39. The molecule has 5 heteroatoms. The van der Waals surface area contributed by atoms with Crippen LogP contribution in [0.3, 0.4) is 0 Å². The predicted octanol–water partition coefficient (Wildman–Crippen LogP) is -0.149. The number of piperidine rings is 1. The topological polar surface area (TPSA) is 75.4 Å². The maximum atomic E-state index is 11.7. The van der Waals surface area contributed by atoms with E-state index < -0.39 is 0 Å². The number of likely N-dealkylation sites (tertiary alicyclic amines) is 1. The van der Waals surface area contributed by atoms with Gasteiger partial charge in [-0.1, -0.05) is 0 Å². The van der Waals surface area contributed by atoms with Gasteiger partial charge >= 0.3 is 0 Å². The molecule has 0 aromatic heterocycles. The van der Waals surface area contributed by atoms with Gasteiger partial charge < -0.3 is 11.1 Å². The Bertz CT molecular complexity index is 315. The number of carbonyl (C=O) groups is 2. The molecule has 0 aromatic carbocycles. The molecule has 1 saturated carbocycles. The monoisotopic (exact) mass is 239 g/mol. The zero-order valence-corrected chi connectivity index (χ0v) is 10.3. The Morgan fingerprint density at radius 2 is 2.00 bits per heavy atom. The molecule has 1 aliphatic carbocycles. The number of primary amides is 1. The Morgan fingerprint density at radius 3 is 2.59 bits per heavy atom. The summed E-state index contributed by atoms with van der Waals surface area (Å²) in [6.07, 6.45) is 3.98. The zero-order chi connectivity index (χ0) is 12.4.